The maximum absolute atomic E-state index is 11.5. The smallest absolute Gasteiger partial charge is 0.224 e. The lowest BCUT2D eigenvalue weighted by Crippen LogP contribution is -2.33. The van der Waals surface area contributed by atoms with Crippen molar-refractivity contribution >= 4 is 11.8 Å². The Bertz CT molecular complexity index is 225. The van der Waals surface area contributed by atoms with Crippen LogP contribution in [-0.4, -0.2) is 42.9 Å². The van der Waals surface area contributed by atoms with Gasteiger partial charge in [0.1, 0.15) is 0 Å². The van der Waals surface area contributed by atoms with Gasteiger partial charge in [0.15, 0.2) is 0 Å². The van der Waals surface area contributed by atoms with Crippen LogP contribution in [0.25, 0.3) is 0 Å². The molecule has 5 nitrogen and oxygen atoms in total. The summed E-state index contributed by atoms with van der Waals surface area (Å²) in [4.78, 5) is 24.4. The van der Waals surface area contributed by atoms with E-state index in [2.05, 4.69) is 5.32 Å². The van der Waals surface area contributed by atoms with Crippen LogP contribution in [0.5, 0.6) is 0 Å². The SMILES string of the molecule is NCCC(=O)NCCC(=O)N1CCCC1. The van der Waals surface area contributed by atoms with Gasteiger partial charge in [-0.25, -0.2) is 0 Å². The highest BCUT2D eigenvalue weighted by atomic mass is 16.2. The minimum Gasteiger partial charge on any atom is -0.356 e. The van der Waals surface area contributed by atoms with E-state index in [1.807, 2.05) is 4.90 Å². The maximum atomic E-state index is 11.5. The maximum Gasteiger partial charge on any atom is 0.224 e. The van der Waals surface area contributed by atoms with E-state index in [9.17, 15) is 9.59 Å². The van der Waals surface area contributed by atoms with E-state index in [0.717, 1.165) is 25.9 Å². The zero-order valence-corrected chi connectivity index (χ0v) is 9.00. The molecule has 1 aliphatic rings. The van der Waals surface area contributed by atoms with E-state index in [-0.39, 0.29) is 11.8 Å². The molecule has 3 N–H and O–H groups in total. The molecule has 5 heteroatoms. The van der Waals surface area contributed by atoms with E-state index in [1.165, 1.54) is 0 Å². The summed E-state index contributed by atoms with van der Waals surface area (Å²) in [6, 6.07) is 0. The number of carbonyl (C=O) groups is 2. The van der Waals surface area contributed by atoms with Gasteiger partial charge in [-0.3, -0.25) is 9.59 Å². The molecule has 0 radical (unpaired) electrons. The molecule has 0 aromatic carbocycles. The Kier molecular flexibility index (Phi) is 5.10. The monoisotopic (exact) mass is 213 g/mol. The molecule has 0 unspecified atom stereocenters. The van der Waals surface area contributed by atoms with Crippen molar-refractivity contribution in [3.8, 4) is 0 Å². The number of nitrogens with zero attached hydrogens (tertiary/aromatic N) is 1. The van der Waals surface area contributed by atoms with Crippen LogP contribution < -0.4 is 11.1 Å². The summed E-state index contributed by atoms with van der Waals surface area (Å²) in [5, 5.41) is 2.67. The van der Waals surface area contributed by atoms with E-state index in [4.69, 9.17) is 5.73 Å². The fourth-order valence-corrected chi connectivity index (χ4v) is 1.65. The van der Waals surface area contributed by atoms with E-state index in [1.54, 1.807) is 0 Å². The van der Waals surface area contributed by atoms with Gasteiger partial charge in [0.05, 0.1) is 0 Å². The highest BCUT2D eigenvalue weighted by molar-refractivity contribution is 5.79. The average Bonchev–Trinajstić information content (AvgIpc) is 2.70. The highest BCUT2D eigenvalue weighted by Gasteiger charge is 2.17. The second kappa shape index (κ2) is 6.40. The Labute approximate surface area is 90.0 Å². The number of amides is 2. The minimum atomic E-state index is -0.0771. The van der Waals surface area contributed by atoms with Gasteiger partial charge in [0.2, 0.25) is 11.8 Å². The Balaban J connectivity index is 2.08. The largest absolute Gasteiger partial charge is 0.356 e. The number of hydrogen-bond acceptors (Lipinski definition) is 3. The summed E-state index contributed by atoms with van der Waals surface area (Å²) in [5.41, 5.74) is 5.22. The molecule has 0 aromatic heterocycles. The van der Waals surface area contributed by atoms with Crippen molar-refractivity contribution in [2.75, 3.05) is 26.2 Å². The fraction of sp³-hybridized carbons (Fsp3) is 0.800. The summed E-state index contributed by atoms with van der Waals surface area (Å²) in [6.07, 6.45) is 2.94. The zero-order valence-electron chi connectivity index (χ0n) is 9.00. The predicted molar refractivity (Wildman–Crippen MR) is 57.1 cm³/mol. The van der Waals surface area contributed by atoms with Gasteiger partial charge >= 0.3 is 0 Å². The van der Waals surface area contributed by atoms with Crippen molar-refractivity contribution in [1.29, 1.82) is 0 Å². The Hall–Kier alpha value is -1.10. The Morgan fingerprint density at radius 2 is 1.87 bits per heavy atom. The van der Waals surface area contributed by atoms with Gasteiger partial charge < -0.3 is 16.0 Å². The van der Waals surface area contributed by atoms with Crippen LogP contribution in [0.2, 0.25) is 0 Å². The predicted octanol–water partition coefficient (Wildman–Crippen LogP) is -0.536. The first-order valence-corrected chi connectivity index (χ1v) is 5.48. The van der Waals surface area contributed by atoms with Crippen LogP contribution >= 0.6 is 0 Å². The van der Waals surface area contributed by atoms with Gasteiger partial charge in [-0.15, -0.1) is 0 Å². The molecule has 0 atom stereocenters. The molecule has 0 aliphatic carbocycles. The molecule has 1 rings (SSSR count). The molecule has 1 heterocycles. The molecule has 0 bridgehead atoms. The quantitative estimate of drug-likeness (QED) is 0.644. The van der Waals surface area contributed by atoms with E-state index in [0.29, 0.717) is 25.9 Å². The van der Waals surface area contributed by atoms with Crippen LogP contribution in [-0.2, 0) is 9.59 Å². The van der Waals surface area contributed by atoms with Crippen LogP contribution in [0.4, 0.5) is 0 Å². The number of hydrogen-bond donors (Lipinski definition) is 2. The van der Waals surface area contributed by atoms with Crippen LogP contribution in [0.1, 0.15) is 25.7 Å². The van der Waals surface area contributed by atoms with Crippen LogP contribution in [0.3, 0.4) is 0 Å². The van der Waals surface area contributed by atoms with Gasteiger partial charge in [-0.05, 0) is 12.8 Å². The number of rotatable bonds is 5. The van der Waals surface area contributed by atoms with E-state index >= 15 is 0 Å². The van der Waals surface area contributed by atoms with Crippen molar-refractivity contribution in [3.63, 3.8) is 0 Å². The molecular formula is C10H19N3O2. The second-order valence-corrected chi connectivity index (χ2v) is 3.73. The third kappa shape index (κ3) is 4.29. The minimum absolute atomic E-state index is 0.0771. The third-order valence-electron chi connectivity index (χ3n) is 2.49. The van der Waals surface area contributed by atoms with E-state index < -0.39 is 0 Å². The van der Waals surface area contributed by atoms with Crippen molar-refractivity contribution in [2.45, 2.75) is 25.7 Å². The molecule has 1 saturated heterocycles. The number of nitrogens with one attached hydrogen (secondary N) is 1. The van der Waals surface area contributed by atoms with Gasteiger partial charge in [0.25, 0.3) is 0 Å². The molecule has 15 heavy (non-hydrogen) atoms. The standard InChI is InChI=1S/C10H19N3O2/c11-5-3-9(14)12-6-4-10(15)13-7-1-2-8-13/h1-8,11H2,(H,12,14). The number of nitrogens with two attached hydrogens (primary N) is 1. The van der Waals surface area contributed by atoms with Gasteiger partial charge in [-0.2, -0.15) is 0 Å². The first kappa shape index (κ1) is 12.0. The van der Waals surface area contributed by atoms with Gasteiger partial charge in [0, 0.05) is 39.0 Å². The van der Waals surface area contributed by atoms with Crippen molar-refractivity contribution in [3.05, 3.63) is 0 Å². The molecule has 86 valence electrons. The first-order valence-electron chi connectivity index (χ1n) is 5.48. The summed E-state index contributed by atoms with van der Waals surface area (Å²) in [6.45, 7) is 2.52. The third-order valence-corrected chi connectivity index (χ3v) is 2.49. The van der Waals surface area contributed by atoms with Crippen LogP contribution in [0, 0.1) is 0 Å². The Morgan fingerprint density at radius 1 is 1.20 bits per heavy atom. The summed E-state index contributed by atoms with van der Waals surface area (Å²) in [5.74, 6) is 0.0623. The lowest BCUT2D eigenvalue weighted by atomic mass is 10.3. The zero-order chi connectivity index (χ0) is 11.1. The molecule has 2 amide bonds. The highest BCUT2D eigenvalue weighted by Crippen LogP contribution is 2.08. The summed E-state index contributed by atoms with van der Waals surface area (Å²) >= 11 is 0. The summed E-state index contributed by atoms with van der Waals surface area (Å²) < 4.78 is 0. The van der Waals surface area contributed by atoms with Crippen molar-refractivity contribution < 1.29 is 9.59 Å². The Morgan fingerprint density at radius 3 is 2.47 bits per heavy atom. The normalized spacial score (nSPS) is 15.4. The average molecular weight is 213 g/mol. The lowest BCUT2D eigenvalue weighted by Gasteiger charge is -2.15. The first-order chi connectivity index (χ1) is 7.24. The molecule has 1 fully saturated rings. The number of carbonyl (C=O) groups excluding carboxylic acids is 2. The molecule has 0 saturated carbocycles. The van der Waals surface area contributed by atoms with Gasteiger partial charge in [-0.1, -0.05) is 0 Å². The molecule has 0 aromatic rings. The summed E-state index contributed by atoms with van der Waals surface area (Å²) in [7, 11) is 0. The molecule has 1 aliphatic heterocycles. The van der Waals surface area contributed by atoms with Crippen molar-refractivity contribution in [1.82, 2.24) is 10.2 Å². The fourth-order valence-electron chi connectivity index (χ4n) is 1.65. The topological polar surface area (TPSA) is 75.4 Å². The second-order valence-electron chi connectivity index (χ2n) is 3.73. The molecule has 0 spiro atoms. The van der Waals surface area contributed by atoms with Crippen LogP contribution in [0.15, 0.2) is 0 Å². The lowest BCUT2D eigenvalue weighted by molar-refractivity contribution is -0.130. The van der Waals surface area contributed by atoms with Crippen molar-refractivity contribution in [2.24, 2.45) is 5.73 Å². The molecular weight excluding hydrogens is 194 g/mol. The number of likely N-dealkylation sites (tertiary alicyclic amines) is 1.